The maximum absolute atomic E-state index is 9.25. The van der Waals surface area contributed by atoms with E-state index in [1.165, 1.54) is 0 Å². The zero-order valence-corrected chi connectivity index (χ0v) is 42.1. The van der Waals surface area contributed by atoms with E-state index in [-0.39, 0.29) is 74.3 Å². The summed E-state index contributed by atoms with van der Waals surface area (Å²) in [7, 11) is 0. The second-order valence-electron chi connectivity index (χ2n) is 21.4. The largest absolute Gasteiger partial charge is 0.493 e. The molecule has 0 N–H and O–H groups in total. The first-order chi connectivity index (χ1) is 32.1. The van der Waals surface area contributed by atoms with Gasteiger partial charge < -0.3 is 18.9 Å². The van der Waals surface area contributed by atoms with E-state index in [2.05, 4.69) is 172 Å². The molecule has 360 valence electrons. The lowest BCUT2D eigenvalue weighted by Gasteiger charge is -2.29. The average molecular weight is 925 g/mol. The molecule has 0 heterocycles. The average Bonchev–Trinajstić information content (AvgIpc) is 3.24. The van der Waals surface area contributed by atoms with E-state index in [9.17, 15) is 22.1 Å². The van der Waals surface area contributed by atoms with Crippen molar-refractivity contribution in [2.45, 2.75) is 130 Å². The molecule has 0 saturated heterocycles. The fourth-order valence-electron chi connectivity index (χ4n) is 8.30. The molecule has 0 aromatic heterocycles. The lowest BCUT2D eigenvalue weighted by Crippen LogP contribution is -2.18. The molecule has 0 aliphatic heterocycles. The van der Waals surface area contributed by atoms with E-state index >= 15 is 0 Å². The fraction of sp³-hybridized carbons (Fsp3) is 0.538. The summed E-state index contributed by atoms with van der Waals surface area (Å²) in [6.45, 7) is 27.5. The number of nitrogens with zero attached hydrogens (tertiary/aromatic N) is 12. The zero-order valence-electron chi connectivity index (χ0n) is 42.1. The van der Waals surface area contributed by atoms with Crippen LogP contribution in [0.3, 0.4) is 0 Å². The molecule has 0 radical (unpaired) electrons. The first-order valence-corrected chi connectivity index (χ1v) is 23.3. The molecule has 68 heavy (non-hydrogen) atoms. The number of benzene rings is 4. The highest BCUT2D eigenvalue weighted by atomic mass is 16.5. The SMILES string of the molecule is CC(C)(C)c1cc2c(OCCN=[N+]=[N-])c(c1)Cc1cc(C(C)(C)C)cc(c1OCCN=[N+]=[N-])Cc1cc(C(C)(C)C)cc(c1OCCN=[N+]=[N-])Cc1cc(C(C)(C)C)cc(c1OCCN=[N+]=[N-])C2. The molecule has 1 aliphatic rings. The van der Waals surface area contributed by atoms with Gasteiger partial charge in [0.15, 0.2) is 0 Å². The number of rotatable bonds is 16. The maximum atomic E-state index is 9.25. The van der Waals surface area contributed by atoms with Crippen LogP contribution in [0, 0.1) is 0 Å². The lowest BCUT2D eigenvalue weighted by atomic mass is 9.79. The highest BCUT2D eigenvalue weighted by molar-refractivity contribution is 5.60. The van der Waals surface area contributed by atoms with Gasteiger partial charge in [0.1, 0.15) is 23.0 Å². The lowest BCUT2D eigenvalue weighted by molar-refractivity contribution is 0.314. The van der Waals surface area contributed by atoms with Gasteiger partial charge in [0.25, 0.3) is 0 Å². The molecule has 0 atom stereocenters. The van der Waals surface area contributed by atoms with E-state index < -0.39 is 0 Å². The third-order valence-corrected chi connectivity index (χ3v) is 12.0. The number of azide groups is 4. The van der Waals surface area contributed by atoms with Gasteiger partial charge >= 0.3 is 0 Å². The van der Waals surface area contributed by atoms with Crippen LogP contribution in [-0.2, 0) is 47.3 Å². The molecule has 0 saturated carbocycles. The molecule has 16 heteroatoms. The maximum Gasteiger partial charge on any atom is 0.126 e. The molecule has 1 aliphatic carbocycles. The van der Waals surface area contributed by atoms with Crippen molar-refractivity contribution in [2.75, 3.05) is 52.6 Å². The number of hydrogen-bond donors (Lipinski definition) is 0. The van der Waals surface area contributed by atoms with Crippen molar-refractivity contribution >= 4 is 0 Å². The fourth-order valence-corrected chi connectivity index (χ4v) is 8.30. The highest BCUT2D eigenvalue weighted by Gasteiger charge is 2.29. The van der Waals surface area contributed by atoms with Crippen molar-refractivity contribution in [1.29, 1.82) is 0 Å². The summed E-state index contributed by atoms with van der Waals surface area (Å²) in [4.78, 5) is 12.0. The minimum Gasteiger partial charge on any atom is -0.493 e. The van der Waals surface area contributed by atoms with Gasteiger partial charge in [-0.25, -0.2) is 0 Å². The van der Waals surface area contributed by atoms with Crippen LogP contribution in [0.15, 0.2) is 69.0 Å². The van der Waals surface area contributed by atoms with Crippen LogP contribution in [0.2, 0.25) is 0 Å². The Morgan fingerprint density at radius 2 is 0.500 bits per heavy atom. The smallest absolute Gasteiger partial charge is 0.126 e. The number of ether oxygens (including phenoxy) is 4. The van der Waals surface area contributed by atoms with Gasteiger partial charge in [-0.3, -0.25) is 0 Å². The normalized spacial score (nSPS) is 12.6. The van der Waals surface area contributed by atoms with Crippen LogP contribution in [0.5, 0.6) is 23.0 Å². The molecule has 5 rings (SSSR count). The van der Waals surface area contributed by atoms with Gasteiger partial charge in [-0.1, -0.05) is 152 Å². The molecule has 16 nitrogen and oxygen atoms in total. The molecule has 0 unspecified atom stereocenters. The minimum absolute atomic E-state index is 0.132. The number of fused-ring (bicyclic) bond motifs is 8. The van der Waals surface area contributed by atoms with E-state index in [1.807, 2.05) is 0 Å². The minimum atomic E-state index is -0.267. The summed E-state index contributed by atoms with van der Waals surface area (Å²) in [6, 6.07) is 17.7. The van der Waals surface area contributed by atoms with E-state index in [1.54, 1.807) is 0 Å². The summed E-state index contributed by atoms with van der Waals surface area (Å²) < 4.78 is 27.1. The molecule has 0 amide bonds. The van der Waals surface area contributed by atoms with E-state index in [0.717, 1.165) is 66.8 Å². The van der Waals surface area contributed by atoms with Crippen LogP contribution in [0.4, 0.5) is 0 Å². The third-order valence-electron chi connectivity index (χ3n) is 12.0. The van der Waals surface area contributed by atoms with Crippen LogP contribution < -0.4 is 18.9 Å². The number of hydrogen-bond acceptors (Lipinski definition) is 8. The first kappa shape index (κ1) is 52.3. The summed E-state index contributed by atoms with van der Waals surface area (Å²) in [6.07, 6.45) is 1.64. The van der Waals surface area contributed by atoms with Gasteiger partial charge in [-0.05, 0) is 111 Å². The topological polar surface area (TPSA) is 232 Å². The van der Waals surface area contributed by atoms with Crippen LogP contribution in [0.25, 0.3) is 41.8 Å². The second kappa shape index (κ2) is 22.4. The second-order valence-corrected chi connectivity index (χ2v) is 21.4. The van der Waals surface area contributed by atoms with Gasteiger partial charge in [0, 0.05) is 45.3 Å². The quantitative estimate of drug-likeness (QED) is 0.0406. The molecule has 8 bridgehead atoms. The third kappa shape index (κ3) is 13.7. The van der Waals surface area contributed by atoms with Crippen LogP contribution in [-0.4, -0.2) is 52.6 Å². The van der Waals surface area contributed by atoms with E-state index in [4.69, 9.17) is 18.9 Å². The van der Waals surface area contributed by atoms with E-state index in [0.29, 0.717) is 48.7 Å². The zero-order chi connectivity index (χ0) is 49.9. The first-order valence-electron chi connectivity index (χ1n) is 23.3. The van der Waals surface area contributed by atoms with Crippen molar-refractivity contribution in [3.8, 4) is 23.0 Å². The Kier molecular flexibility index (Phi) is 17.2. The van der Waals surface area contributed by atoms with Crippen LogP contribution in [0.1, 0.15) is 150 Å². The van der Waals surface area contributed by atoms with Crippen molar-refractivity contribution in [3.63, 3.8) is 0 Å². The van der Waals surface area contributed by atoms with Gasteiger partial charge in [-0.2, -0.15) is 0 Å². The Hall–Kier alpha value is -6.68. The molecular weight excluding hydrogens is 857 g/mol. The summed E-state index contributed by atoms with van der Waals surface area (Å²) in [5.41, 5.74) is 47.7. The van der Waals surface area contributed by atoms with Crippen molar-refractivity contribution in [1.82, 2.24) is 0 Å². The standard InChI is InChI=1S/C52H68N12O4/c1-49(2,3)41-25-33-21-35-27-42(50(4,5)6)29-37(46(35)66-18-14-58-62-54)23-39-31-44(52(10,11)12)32-40(48(39)68-20-16-60-64-56)24-38-30-43(51(7,8)9)28-36(47(38)67-19-15-59-63-55)22-34(26-41)45(33)65-17-13-57-61-53/h25-32H,13-24H2,1-12H3. The molecule has 4 aromatic carbocycles. The summed E-state index contributed by atoms with van der Waals surface area (Å²) in [5, 5.41) is 15.3. The van der Waals surface area contributed by atoms with Gasteiger partial charge in [-0.15, -0.1) is 0 Å². The molecular formula is C52H68N12O4. The summed E-state index contributed by atoms with van der Waals surface area (Å²) >= 11 is 0. The van der Waals surface area contributed by atoms with Gasteiger partial charge in [0.05, 0.1) is 52.6 Å². The molecule has 4 aromatic rings. The Labute approximate surface area is 401 Å². The molecule has 0 spiro atoms. The Balaban J connectivity index is 2.02. The monoisotopic (exact) mass is 925 g/mol. The Bertz CT molecular complexity index is 2200. The predicted octanol–water partition coefficient (Wildman–Crippen LogP) is 14.3. The summed E-state index contributed by atoms with van der Waals surface area (Å²) in [5.74, 6) is 2.72. The van der Waals surface area contributed by atoms with Gasteiger partial charge in [0.2, 0.25) is 0 Å². The van der Waals surface area contributed by atoms with Crippen molar-refractivity contribution in [2.24, 2.45) is 20.5 Å². The van der Waals surface area contributed by atoms with Crippen molar-refractivity contribution < 1.29 is 18.9 Å². The van der Waals surface area contributed by atoms with Crippen molar-refractivity contribution in [3.05, 3.63) is 157 Å². The van der Waals surface area contributed by atoms with Crippen LogP contribution >= 0.6 is 0 Å². The Morgan fingerprint density at radius 3 is 0.632 bits per heavy atom. The molecule has 0 fully saturated rings. The predicted molar refractivity (Wildman–Crippen MR) is 270 cm³/mol. The highest BCUT2D eigenvalue weighted by Crippen LogP contribution is 2.44. The Morgan fingerprint density at radius 1 is 0.338 bits per heavy atom.